The van der Waals surface area contributed by atoms with Gasteiger partial charge >= 0.3 is 11.9 Å². The number of ether oxygens (including phenoxy) is 6. The average molecular weight is 348 g/mol. The molecule has 1 rings (SSSR count). The third kappa shape index (κ3) is 9.17. The van der Waals surface area contributed by atoms with Gasteiger partial charge in [0.2, 0.25) is 0 Å². The monoisotopic (exact) mass is 348 g/mol. The smallest absolute Gasteiger partial charge is 0.308 e. The molecule has 8 heteroatoms. The van der Waals surface area contributed by atoms with Gasteiger partial charge in [0.25, 0.3) is 0 Å². The maximum absolute atomic E-state index is 11.8. The van der Waals surface area contributed by atoms with E-state index in [0.717, 1.165) is 0 Å². The zero-order chi connectivity index (χ0) is 17.6. The van der Waals surface area contributed by atoms with Crippen LogP contribution in [0.4, 0.5) is 0 Å². The van der Waals surface area contributed by atoms with E-state index in [0.29, 0.717) is 26.4 Å². The van der Waals surface area contributed by atoms with Crippen molar-refractivity contribution in [1.29, 1.82) is 0 Å². The zero-order valence-electron chi connectivity index (χ0n) is 14.5. The van der Waals surface area contributed by atoms with Gasteiger partial charge in [-0.15, -0.1) is 0 Å². The number of esters is 2. The molecular formula is C16H28O8. The van der Waals surface area contributed by atoms with E-state index in [-0.39, 0.29) is 39.3 Å². The molecule has 1 saturated heterocycles. The lowest BCUT2D eigenvalue weighted by atomic mass is 10.1. The van der Waals surface area contributed by atoms with Crippen molar-refractivity contribution in [2.45, 2.75) is 38.9 Å². The van der Waals surface area contributed by atoms with E-state index in [1.807, 2.05) is 0 Å². The number of rotatable bonds is 6. The molecule has 0 saturated carbocycles. The largest absolute Gasteiger partial charge is 0.466 e. The Balaban J connectivity index is 2.72. The molecule has 0 amide bonds. The molecule has 24 heavy (non-hydrogen) atoms. The van der Waals surface area contributed by atoms with E-state index < -0.39 is 24.1 Å². The first kappa shape index (κ1) is 20.8. The second-order valence-corrected chi connectivity index (χ2v) is 5.06. The molecule has 1 aliphatic heterocycles. The van der Waals surface area contributed by atoms with Gasteiger partial charge in [0.1, 0.15) is 0 Å². The summed E-state index contributed by atoms with van der Waals surface area (Å²) in [6.45, 7) is 6.28. The summed E-state index contributed by atoms with van der Waals surface area (Å²) in [5.41, 5.74) is 0. The lowest BCUT2D eigenvalue weighted by Crippen LogP contribution is -2.38. The Bertz CT molecular complexity index is 326. The van der Waals surface area contributed by atoms with Gasteiger partial charge in [-0.25, -0.2) is 0 Å². The van der Waals surface area contributed by atoms with Crippen LogP contribution < -0.4 is 0 Å². The van der Waals surface area contributed by atoms with E-state index in [4.69, 9.17) is 28.4 Å². The Kier molecular flexibility index (Phi) is 11.4. The second kappa shape index (κ2) is 13.1. The van der Waals surface area contributed by atoms with E-state index in [9.17, 15) is 9.59 Å². The minimum absolute atomic E-state index is 0.00122. The van der Waals surface area contributed by atoms with Crippen LogP contribution in [0, 0.1) is 0 Å². The summed E-state index contributed by atoms with van der Waals surface area (Å²) in [5.74, 6) is -0.798. The van der Waals surface area contributed by atoms with Gasteiger partial charge in [0.05, 0.1) is 77.9 Å². The molecule has 140 valence electrons. The van der Waals surface area contributed by atoms with Crippen LogP contribution in [0.15, 0.2) is 0 Å². The van der Waals surface area contributed by atoms with Crippen molar-refractivity contribution in [2.75, 3.05) is 52.9 Å². The summed E-state index contributed by atoms with van der Waals surface area (Å²) in [4.78, 5) is 23.6. The molecule has 2 atom stereocenters. The summed E-state index contributed by atoms with van der Waals surface area (Å²) < 4.78 is 32.1. The lowest BCUT2D eigenvalue weighted by Gasteiger charge is -2.27. The molecule has 0 aromatic heterocycles. The molecule has 0 spiro atoms. The summed E-state index contributed by atoms with van der Waals surface area (Å²) in [6.07, 6.45) is -1.23. The SMILES string of the molecule is CCOC(=O)CC1OCCOCCOCCOC1CC(=O)OCC. The van der Waals surface area contributed by atoms with Gasteiger partial charge in [-0.3, -0.25) is 9.59 Å². The first-order valence-electron chi connectivity index (χ1n) is 8.37. The van der Waals surface area contributed by atoms with Gasteiger partial charge in [-0.05, 0) is 13.8 Å². The van der Waals surface area contributed by atoms with Gasteiger partial charge in [-0.1, -0.05) is 0 Å². The fourth-order valence-electron chi connectivity index (χ4n) is 2.20. The van der Waals surface area contributed by atoms with E-state index in [2.05, 4.69) is 0 Å². The van der Waals surface area contributed by atoms with Crippen molar-refractivity contribution in [3.8, 4) is 0 Å². The highest BCUT2D eigenvalue weighted by molar-refractivity contribution is 5.71. The van der Waals surface area contributed by atoms with Crippen molar-refractivity contribution in [1.82, 2.24) is 0 Å². The maximum atomic E-state index is 11.8. The topological polar surface area (TPSA) is 89.5 Å². The minimum Gasteiger partial charge on any atom is -0.466 e. The summed E-state index contributed by atoms with van der Waals surface area (Å²) in [6, 6.07) is 0. The Morgan fingerprint density at radius 3 is 1.50 bits per heavy atom. The van der Waals surface area contributed by atoms with Crippen LogP contribution in [0.1, 0.15) is 26.7 Å². The number of hydrogen-bond acceptors (Lipinski definition) is 8. The Labute approximate surface area is 142 Å². The Hall–Kier alpha value is -1.22. The standard InChI is InChI=1S/C16H28O8/c1-3-21-15(17)11-13-14(12-16(18)22-4-2)24-10-8-20-6-5-19-7-9-23-13/h13-14H,3-12H2,1-2H3. The molecule has 1 aliphatic rings. The maximum Gasteiger partial charge on any atom is 0.308 e. The van der Waals surface area contributed by atoms with E-state index >= 15 is 0 Å². The highest BCUT2D eigenvalue weighted by Crippen LogP contribution is 2.15. The van der Waals surface area contributed by atoms with Crippen LogP contribution in [0.25, 0.3) is 0 Å². The fraction of sp³-hybridized carbons (Fsp3) is 0.875. The molecule has 8 nitrogen and oxygen atoms in total. The molecule has 2 unspecified atom stereocenters. The second-order valence-electron chi connectivity index (χ2n) is 5.06. The van der Waals surface area contributed by atoms with Crippen LogP contribution in [-0.2, 0) is 38.0 Å². The molecule has 0 aromatic carbocycles. The first-order chi connectivity index (χ1) is 11.7. The van der Waals surface area contributed by atoms with Crippen LogP contribution in [0.3, 0.4) is 0 Å². The summed E-state index contributed by atoms with van der Waals surface area (Å²) in [7, 11) is 0. The highest BCUT2D eigenvalue weighted by atomic mass is 16.6. The molecule has 0 aromatic rings. The van der Waals surface area contributed by atoms with Gasteiger partial charge in [0, 0.05) is 0 Å². The fourth-order valence-corrected chi connectivity index (χ4v) is 2.20. The lowest BCUT2D eigenvalue weighted by molar-refractivity contribution is -0.161. The predicted octanol–water partition coefficient (Wildman–Crippen LogP) is 0.710. The van der Waals surface area contributed by atoms with E-state index in [1.165, 1.54) is 0 Å². The van der Waals surface area contributed by atoms with Crippen molar-refractivity contribution in [2.24, 2.45) is 0 Å². The quantitative estimate of drug-likeness (QED) is 0.649. The number of hydrogen-bond donors (Lipinski definition) is 0. The predicted molar refractivity (Wildman–Crippen MR) is 83.6 cm³/mol. The minimum atomic E-state index is -0.614. The van der Waals surface area contributed by atoms with Crippen LogP contribution in [0.5, 0.6) is 0 Å². The third-order valence-electron chi connectivity index (χ3n) is 3.25. The van der Waals surface area contributed by atoms with Crippen LogP contribution >= 0.6 is 0 Å². The zero-order valence-corrected chi connectivity index (χ0v) is 14.5. The van der Waals surface area contributed by atoms with Crippen molar-refractivity contribution >= 4 is 11.9 Å². The van der Waals surface area contributed by atoms with Crippen LogP contribution in [-0.4, -0.2) is 77.0 Å². The summed E-state index contributed by atoms with van der Waals surface area (Å²) >= 11 is 0. The Morgan fingerprint density at radius 2 is 1.12 bits per heavy atom. The molecule has 0 N–H and O–H groups in total. The number of carbonyl (C=O) groups excluding carboxylic acids is 2. The summed E-state index contributed by atoms with van der Waals surface area (Å²) in [5, 5.41) is 0. The van der Waals surface area contributed by atoms with E-state index in [1.54, 1.807) is 13.8 Å². The molecule has 1 heterocycles. The number of carbonyl (C=O) groups is 2. The van der Waals surface area contributed by atoms with Gasteiger partial charge in [0.15, 0.2) is 0 Å². The normalized spacial score (nSPS) is 23.6. The highest BCUT2D eigenvalue weighted by Gasteiger charge is 2.29. The Morgan fingerprint density at radius 1 is 0.750 bits per heavy atom. The molecule has 0 radical (unpaired) electrons. The first-order valence-corrected chi connectivity index (χ1v) is 8.37. The molecule has 1 fully saturated rings. The molecule has 0 aliphatic carbocycles. The molecule has 0 bridgehead atoms. The van der Waals surface area contributed by atoms with Crippen molar-refractivity contribution in [3.05, 3.63) is 0 Å². The third-order valence-corrected chi connectivity index (χ3v) is 3.25. The molecular weight excluding hydrogens is 320 g/mol. The van der Waals surface area contributed by atoms with Gasteiger partial charge < -0.3 is 28.4 Å². The average Bonchev–Trinajstić information content (AvgIpc) is 2.53. The van der Waals surface area contributed by atoms with Crippen molar-refractivity contribution in [3.63, 3.8) is 0 Å². The van der Waals surface area contributed by atoms with Gasteiger partial charge in [-0.2, -0.15) is 0 Å². The van der Waals surface area contributed by atoms with Crippen LogP contribution in [0.2, 0.25) is 0 Å². The van der Waals surface area contributed by atoms with Crippen molar-refractivity contribution < 1.29 is 38.0 Å².